The van der Waals surface area contributed by atoms with Gasteiger partial charge in [-0.3, -0.25) is 5.10 Å². The SMILES string of the molecule is Cc1ccc(CNc2cccc3cn[nH]c23)o1. The molecular weight excluding hydrogens is 214 g/mol. The van der Waals surface area contributed by atoms with E-state index >= 15 is 0 Å². The van der Waals surface area contributed by atoms with Gasteiger partial charge in [0.1, 0.15) is 11.5 Å². The van der Waals surface area contributed by atoms with Gasteiger partial charge < -0.3 is 9.73 Å². The molecule has 4 heteroatoms. The molecule has 3 rings (SSSR count). The highest BCUT2D eigenvalue weighted by atomic mass is 16.3. The summed E-state index contributed by atoms with van der Waals surface area (Å²) in [6.45, 7) is 2.62. The Labute approximate surface area is 98.6 Å². The Morgan fingerprint density at radius 2 is 2.24 bits per heavy atom. The summed E-state index contributed by atoms with van der Waals surface area (Å²) >= 11 is 0. The molecular formula is C13H13N3O. The summed E-state index contributed by atoms with van der Waals surface area (Å²) in [5.41, 5.74) is 2.06. The summed E-state index contributed by atoms with van der Waals surface area (Å²) in [5, 5.41) is 11.5. The maximum Gasteiger partial charge on any atom is 0.123 e. The van der Waals surface area contributed by atoms with E-state index in [-0.39, 0.29) is 0 Å². The van der Waals surface area contributed by atoms with Gasteiger partial charge in [0.2, 0.25) is 0 Å². The van der Waals surface area contributed by atoms with Gasteiger partial charge in [-0.25, -0.2) is 0 Å². The number of nitrogens with one attached hydrogen (secondary N) is 2. The molecule has 0 bridgehead atoms. The number of hydrogen-bond acceptors (Lipinski definition) is 3. The quantitative estimate of drug-likeness (QED) is 0.723. The van der Waals surface area contributed by atoms with Gasteiger partial charge in [-0.15, -0.1) is 0 Å². The Hall–Kier alpha value is -2.23. The van der Waals surface area contributed by atoms with E-state index in [2.05, 4.69) is 15.5 Å². The molecule has 0 atom stereocenters. The summed E-state index contributed by atoms with van der Waals surface area (Å²) in [4.78, 5) is 0. The second-order valence-corrected chi connectivity index (χ2v) is 4.01. The second kappa shape index (κ2) is 3.97. The number of furan rings is 1. The first kappa shape index (κ1) is 9.96. The average molecular weight is 227 g/mol. The molecule has 0 saturated heterocycles. The molecule has 2 N–H and O–H groups in total. The van der Waals surface area contributed by atoms with Crippen molar-refractivity contribution in [1.29, 1.82) is 0 Å². The number of para-hydroxylation sites is 1. The minimum atomic E-state index is 0.673. The first-order valence-corrected chi connectivity index (χ1v) is 5.54. The van der Waals surface area contributed by atoms with Crippen molar-refractivity contribution in [3.05, 3.63) is 48.0 Å². The molecule has 1 aromatic carbocycles. The molecule has 0 saturated carbocycles. The van der Waals surface area contributed by atoms with Gasteiger partial charge in [0.25, 0.3) is 0 Å². The van der Waals surface area contributed by atoms with Crippen molar-refractivity contribution >= 4 is 16.6 Å². The van der Waals surface area contributed by atoms with Gasteiger partial charge in [-0.1, -0.05) is 12.1 Å². The van der Waals surface area contributed by atoms with Crippen molar-refractivity contribution < 1.29 is 4.42 Å². The first-order chi connectivity index (χ1) is 8.33. The zero-order valence-electron chi connectivity index (χ0n) is 9.53. The Balaban J connectivity index is 1.83. The lowest BCUT2D eigenvalue weighted by atomic mass is 10.2. The number of aromatic amines is 1. The third kappa shape index (κ3) is 1.89. The van der Waals surface area contributed by atoms with Crippen LogP contribution in [-0.4, -0.2) is 10.2 Å². The number of fused-ring (bicyclic) bond motifs is 1. The third-order valence-electron chi connectivity index (χ3n) is 2.73. The Bertz CT molecular complexity index is 639. The molecule has 0 unspecified atom stereocenters. The Morgan fingerprint density at radius 3 is 3.06 bits per heavy atom. The highest BCUT2D eigenvalue weighted by molar-refractivity contribution is 5.89. The van der Waals surface area contributed by atoms with Gasteiger partial charge in [0, 0.05) is 5.39 Å². The van der Waals surface area contributed by atoms with Crippen molar-refractivity contribution in [1.82, 2.24) is 10.2 Å². The van der Waals surface area contributed by atoms with Gasteiger partial charge in [-0.2, -0.15) is 5.10 Å². The van der Waals surface area contributed by atoms with Crippen molar-refractivity contribution in [2.45, 2.75) is 13.5 Å². The van der Waals surface area contributed by atoms with Gasteiger partial charge >= 0.3 is 0 Å². The third-order valence-corrected chi connectivity index (χ3v) is 2.73. The van der Waals surface area contributed by atoms with Crippen LogP contribution in [0.25, 0.3) is 10.9 Å². The highest BCUT2D eigenvalue weighted by Gasteiger charge is 2.03. The Kier molecular flexibility index (Phi) is 2.33. The van der Waals surface area contributed by atoms with E-state index in [9.17, 15) is 0 Å². The number of anilines is 1. The number of hydrogen-bond donors (Lipinski definition) is 2. The number of H-pyrrole nitrogens is 1. The number of rotatable bonds is 3. The number of benzene rings is 1. The normalized spacial score (nSPS) is 10.9. The Morgan fingerprint density at radius 1 is 1.29 bits per heavy atom. The summed E-state index contributed by atoms with van der Waals surface area (Å²) in [5.74, 6) is 1.86. The molecule has 0 aliphatic heterocycles. The molecule has 3 aromatic rings. The summed E-state index contributed by atoms with van der Waals surface area (Å²) in [7, 11) is 0. The first-order valence-electron chi connectivity index (χ1n) is 5.54. The molecule has 0 aliphatic carbocycles. The predicted octanol–water partition coefficient (Wildman–Crippen LogP) is 3.08. The van der Waals surface area contributed by atoms with Crippen LogP contribution in [0.1, 0.15) is 11.5 Å². The highest BCUT2D eigenvalue weighted by Crippen LogP contribution is 2.21. The van der Waals surface area contributed by atoms with Crippen LogP contribution in [0.4, 0.5) is 5.69 Å². The largest absolute Gasteiger partial charge is 0.465 e. The van der Waals surface area contributed by atoms with E-state index in [1.165, 1.54) is 0 Å². The molecule has 2 aromatic heterocycles. The fourth-order valence-electron chi connectivity index (χ4n) is 1.88. The molecule has 0 radical (unpaired) electrons. The smallest absolute Gasteiger partial charge is 0.123 e. The second-order valence-electron chi connectivity index (χ2n) is 4.01. The minimum absolute atomic E-state index is 0.673. The fourth-order valence-corrected chi connectivity index (χ4v) is 1.88. The monoisotopic (exact) mass is 227 g/mol. The molecule has 86 valence electrons. The molecule has 17 heavy (non-hydrogen) atoms. The van der Waals surface area contributed by atoms with Gasteiger partial charge in [0.05, 0.1) is 23.9 Å². The summed E-state index contributed by atoms with van der Waals surface area (Å²) in [6.07, 6.45) is 1.82. The van der Waals surface area contributed by atoms with Crippen LogP contribution in [-0.2, 0) is 6.54 Å². The molecule has 0 fully saturated rings. The van der Waals surface area contributed by atoms with E-state index < -0.39 is 0 Å². The summed E-state index contributed by atoms with van der Waals surface area (Å²) in [6, 6.07) is 10.0. The molecule has 4 nitrogen and oxygen atoms in total. The number of nitrogens with zero attached hydrogens (tertiary/aromatic N) is 1. The zero-order chi connectivity index (χ0) is 11.7. The van der Waals surface area contributed by atoms with Crippen molar-refractivity contribution in [3.63, 3.8) is 0 Å². The lowest BCUT2D eigenvalue weighted by Crippen LogP contribution is -1.98. The van der Waals surface area contributed by atoms with Crippen LogP contribution in [0.5, 0.6) is 0 Å². The van der Waals surface area contributed by atoms with Crippen LogP contribution in [0, 0.1) is 6.92 Å². The van der Waals surface area contributed by atoms with E-state index in [1.54, 1.807) is 0 Å². The summed E-state index contributed by atoms with van der Waals surface area (Å²) < 4.78 is 5.51. The zero-order valence-corrected chi connectivity index (χ0v) is 9.53. The molecule has 0 amide bonds. The minimum Gasteiger partial charge on any atom is -0.465 e. The van der Waals surface area contributed by atoms with E-state index in [0.29, 0.717) is 6.54 Å². The predicted molar refractivity (Wildman–Crippen MR) is 66.9 cm³/mol. The fraction of sp³-hybridized carbons (Fsp3) is 0.154. The molecule has 2 heterocycles. The number of aryl methyl sites for hydroxylation is 1. The molecule has 0 aliphatic rings. The molecule has 0 spiro atoms. The van der Waals surface area contributed by atoms with E-state index in [1.807, 2.05) is 43.5 Å². The lowest BCUT2D eigenvalue weighted by Gasteiger charge is -2.05. The maximum atomic E-state index is 5.51. The van der Waals surface area contributed by atoms with Crippen LogP contribution >= 0.6 is 0 Å². The standard InChI is InChI=1S/C13H13N3O/c1-9-5-6-11(17-9)8-14-12-4-2-3-10-7-15-16-13(10)12/h2-7,14H,8H2,1H3,(H,15,16). The average Bonchev–Trinajstić information content (AvgIpc) is 2.94. The van der Waals surface area contributed by atoms with Gasteiger partial charge in [-0.05, 0) is 25.1 Å². The maximum absolute atomic E-state index is 5.51. The van der Waals surface area contributed by atoms with Crippen molar-refractivity contribution in [2.24, 2.45) is 0 Å². The van der Waals surface area contributed by atoms with Crippen molar-refractivity contribution in [2.75, 3.05) is 5.32 Å². The van der Waals surface area contributed by atoms with Crippen LogP contribution in [0.3, 0.4) is 0 Å². The van der Waals surface area contributed by atoms with Crippen LogP contribution < -0.4 is 5.32 Å². The topological polar surface area (TPSA) is 53.9 Å². The number of aromatic nitrogens is 2. The van der Waals surface area contributed by atoms with E-state index in [0.717, 1.165) is 28.1 Å². The van der Waals surface area contributed by atoms with Crippen LogP contribution in [0.2, 0.25) is 0 Å². The van der Waals surface area contributed by atoms with Crippen molar-refractivity contribution in [3.8, 4) is 0 Å². The lowest BCUT2D eigenvalue weighted by molar-refractivity contribution is 0.490. The van der Waals surface area contributed by atoms with Crippen LogP contribution in [0.15, 0.2) is 40.9 Å². The van der Waals surface area contributed by atoms with E-state index in [4.69, 9.17) is 4.42 Å². The van der Waals surface area contributed by atoms with Gasteiger partial charge in [0.15, 0.2) is 0 Å².